The Morgan fingerprint density at radius 2 is 1.81 bits per heavy atom. The molecule has 1 N–H and O–H groups in total. The highest BCUT2D eigenvalue weighted by Gasteiger charge is 2.40. The van der Waals surface area contributed by atoms with E-state index in [4.69, 9.17) is 9.47 Å². The number of ether oxygens (including phenoxy) is 2. The molecule has 166 valence electrons. The van der Waals surface area contributed by atoms with E-state index in [1.54, 1.807) is 14.2 Å². The van der Waals surface area contributed by atoms with Crippen LogP contribution >= 0.6 is 0 Å². The molecule has 2 aliphatic rings. The van der Waals surface area contributed by atoms with Gasteiger partial charge in [0.25, 0.3) is 5.56 Å². The molecule has 0 saturated heterocycles. The van der Waals surface area contributed by atoms with Gasteiger partial charge in [-0.05, 0) is 78.1 Å². The topological polar surface area (TPSA) is 71.6 Å². The van der Waals surface area contributed by atoms with Crippen LogP contribution in [-0.4, -0.2) is 36.6 Å². The maximum Gasteiger partial charge on any atom is 0.254 e. The highest BCUT2D eigenvalue weighted by molar-refractivity contribution is 5.83. The van der Waals surface area contributed by atoms with E-state index in [1.165, 1.54) is 5.56 Å². The summed E-state index contributed by atoms with van der Waals surface area (Å²) in [4.78, 5) is 31.5. The maximum atomic E-state index is 13.3. The molecule has 1 aromatic heterocycles. The van der Waals surface area contributed by atoms with Gasteiger partial charge in [0.2, 0.25) is 5.91 Å². The minimum absolute atomic E-state index is 0.0745. The van der Waals surface area contributed by atoms with E-state index in [0.717, 1.165) is 47.7 Å². The zero-order valence-electron chi connectivity index (χ0n) is 18.7. The summed E-state index contributed by atoms with van der Waals surface area (Å²) in [5.41, 5.74) is 4.45. The average molecular weight is 433 g/mol. The number of pyridine rings is 1. The summed E-state index contributed by atoms with van der Waals surface area (Å²) < 4.78 is 11.1. The fourth-order valence-corrected chi connectivity index (χ4v) is 4.78. The first-order valence-corrected chi connectivity index (χ1v) is 11.2. The van der Waals surface area contributed by atoms with Crippen molar-refractivity contribution in [2.75, 3.05) is 20.8 Å². The number of nitrogens with zero attached hydrogens (tertiary/aromatic N) is 1. The maximum absolute atomic E-state index is 13.3. The number of carbonyl (C=O) groups excluding carboxylic acids is 1. The first-order valence-electron chi connectivity index (χ1n) is 11.2. The largest absolute Gasteiger partial charge is 0.493 e. The van der Waals surface area contributed by atoms with Gasteiger partial charge in [-0.2, -0.15) is 0 Å². The third-order valence-corrected chi connectivity index (χ3v) is 6.72. The summed E-state index contributed by atoms with van der Waals surface area (Å²) in [6.45, 7) is 2.69. The van der Waals surface area contributed by atoms with Crippen molar-refractivity contribution < 1.29 is 14.3 Å². The fraction of sp³-hybridized carbons (Fsp3) is 0.385. The molecule has 0 bridgehead atoms. The lowest BCUT2D eigenvalue weighted by Gasteiger charge is -2.38. The van der Waals surface area contributed by atoms with Crippen LogP contribution in [0.1, 0.15) is 48.1 Å². The van der Waals surface area contributed by atoms with Gasteiger partial charge in [-0.25, -0.2) is 0 Å². The highest BCUT2D eigenvalue weighted by Crippen LogP contribution is 2.43. The number of benzene rings is 2. The van der Waals surface area contributed by atoms with E-state index in [2.05, 4.69) is 18.0 Å². The van der Waals surface area contributed by atoms with Gasteiger partial charge >= 0.3 is 0 Å². The molecule has 0 unspecified atom stereocenters. The number of hydrogen-bond acceptors (Lipinski definition) is 4. The molecular weight excluding hydrogens is 404 g/mol. The first kappa shape index (κ1) is 20.6. The molecule has 5 rings (SSSR count). The lowest BCUT2D eigenvalue weighted by molar-refractivity contribution is -0.134. The van der Waals surface area contributed by atoms with Gasteiger partial charge in [-0.3, -0.25) is 9.59 Å². The molecule has 1 fully saturated rings. The van der Waals surface area contributed by atoms with Gasteiger partial charge in [0, 0.05) is 23.5 Å². The Morgan fingerprint density at radius 1 is 1.06 bits per heavy atom. The summed E-state index contributed by atoms with van der Waals surface area (Å²) in [6, 6.07) is 11.5. The second-order valence-electron chi connectivity index (χ2n) is 8.69. The Bertz CT molecular complexity index is 1260. The Balaban J connectivity index is 1.72. The first-order chi connectivity index (χ1) is 15.5. The molecule has 1 aliphatic heterocycles. The van der Waals surface area contributed by atoms with Crippen molar-refractivity contribution in [3.63, 3.8) is 0 Å². The van der Waals surface area contributed by atoms with Gasteiger partial charge in [-0.15, -0.1) is 0 Å². The van der Waals surface area contributed by atoms with Gasteiger partial charge < -0.3 is 19.4 Å². The summed E-state index contributed by atoms with van der Waals surface area (Å²) >= 11 is 0. The predicted molar refractivity (Wildman–Crippen MR) is 123 cm³/mol. The number of aromatic nitrogens is 1. The van der Waals surface area contributed by atoms with Crippen LogP contribution in [0.5, 0.6) is 11.5 Å². The number of carbonyl (C=O) groups is 1. The number of hydrogen-bond donors (Lipinski definition) is 1. The molecule has 2 heterocycles. The monoisotopic (exact) mass is 432 g/mol. The Hall–Kier alpha value is -3.28. The van der Waals surface area contributed by atoms with E-state index in [0.29, 0.717) is 23.6 Å². The Morgan fingerprint density at radius 3 is 2.50 bits per heavy atom. The van der Waals surface area contributed by atoms with Crippen molar-refractivity contribution in [3.8, 4) is 11.5 Å². The smallest absolute Gasteiger partial charge is 0.254 e. The number of H-pyrrole nitrogens is 1. The molecule has 3 aromatic rings. The SMILES string of the molecule is CCc1ccc2[nH]c(=O)c([C@H]3c4cc(OC)c(OC)cc4CCN3C(=O)C3CC3)cc2c1. The quantitative estimate of drug-likeness (QED) is 0.662. The van der Waals surface area contributed by atoms with Crippen LogP contribution in [0.2, 0.25) is 0 Å². The molecule has 0 radical (unpaired) electrons. The van der Waals surface area contributed by atoms with Crippen LogP contribution in [-0.2, 0) is 17.6 Å². The molecular formula is C26H28N2O4. The van der Waals surface area contributed by atoms with Crippen LogP contribution in [0.4, 0.5) is 0 Å². The molecule has 6 nitrogen and oxygen atoms in total. The number of fused-ring (bicyclic) bond motifs is 2. The van der Waals surface area contributed by atoms with Crippen LogP contribution in [0, 0.1) is 5.92 Å². The Labute approximate surface area is 187 Å². The van der Waals surface area contributed by atoms with Gasteiger partial charge in [0.05, 0.1) is 20.3 Å². The molecule has 1 saturated carbocycles. The molecule has 32 heavy (non-hydrogen) atoms. The van der Waals surface area contributed by atoms with Gasteiger partial charge in [0.1, 0.15) is 0 Å². The Kier molecular flexibility index (Phi) is 5.16. The highest BCUT2D eigenvalue weighted by atomic mass is 16.5. The van der Waals surface area contributed by atoms with Crippen molar-refractivity contribution in [3.05, 3.63) is 69.0 Å². The minimum atomic E-state index is -0.454. The van der Waals surface area contributed by atoms with Crippen LogP contribution in [0.25, 0.3) is 10.9 Å². The van der Waals surface area contributed by atoms with E-state index < -0.39 is 6.04 Å². The number of methoxy groups -OCH3 is 2. The van der Waals surface area contributed by atoms with E-state index in [1.807, 2.05) is 35.2 Å². The summed E-state index contributed by atoms with van der Waals surface area (Å²) in [5, 5.41) is 0.977. The molecule has 0 spiro atoms. The fourth-order valence-electron chi connectivity index (χ4n) is 4.78. The third kappa shape index (κ3) is 3.44. The zero-order chi connectivity index (χ0) is 22.4. The lowest BCUT2D eigenvalue weighted by Crippen LogP contribution is -2.43. The summed E-state index contributed by atoms with van der Waals surface area (Å²) in [6.07, 6.45) is 3.49. The van der Waals surface area contributed by atoms with Gasteiger partial charge in [0.15, 0.2) is 11.5 Å². The van der Waals surface area contributed by atoms with Crippen molar-refractivity contribution in [1.29, 1.82) is 0 Å². The van der Waals surface area contributed by atoms with E-state index >= 15 is 0 Å². The number of aryl methyl sites for hydroxylation is 1. The molecule has 6 heteroatoms. The molecule has 1 atom stereocenters. The minimum Gasteiger partial charge on any atom is -0.493 e. The van der Waals surface area contributed by atoms with Crippen LogP contribution in [0.15, 0.2) is 41.2 Å². The molecule has 1 aliphatic carbocycles. The van der Waals surface area contributed by atoms with E-state index in [9.17, 15) is 9.59 Å². The van der Waals surface area contributed by atoms with Crippen LogP contribution in [0.3, 0.4) is 0 Å². The third-order valence-electron chi connectivity index (χ3n) is 6.72. The molecule has 1 amide bonds. The number of nitrogens with one attached hydrogen (secondary N) is 1. The standard InChI is InChI=1S/C26H28N2O4/c1-4-15-5-8-21-18(11-15)12-20(25(29)27-21)24-19-14-23(32-3)22(31-2)13-17(19)9-10-28(24)26(30)16-6-7-16/h5,8,11-14,16,24H,4,6-7,9-10H2,1-3H3,(H,27,29)/t24-/m1/s1. The summed E-state index contributed by atoms with van der Waals surface area (Å²) in [5.74, 6) is 1.47. The summed E-state index contributed by atoms with van der Waals surface area (Å²) in [7, 11) is 3.22. The second-order valence-corrected chi connectivity index (χ2v) is 8.69. The van der Waals surface area contributed by atoms with Crippen LogP contribution < -0.4 is 15.0 Å². The number of rotatable bonds is 5. The predicted octanol–water partition coefficient (Wildman–Crippen LogP) is 3.99. The van der Waals surface area contributed by atoms with Crippen molar-refractivity contribution in [2.24, 2.45) is 5.92 Å². The van der Waals surface area contributed by atoms with Crippen molar-refractivity contribution in [2.45, 2.75) is 38.6 Å². The second kappa shape index (κ2) is 8.01. The number of amides is 1. The van der Waals surface area contributed by atoms with Gasteiger partial charge in [-0.1, -0.05) is 13.0 Å². The average Bonchev–Trinajstić information content (AvgIpc) is 3.67. The van der Waals surface area contributed by atoms with E-state index in [-0.39, 0.29) is 17.4 Å². The number of aromatic amines is 1. The van der Waals surface area contributed by atoms with Crippen molar-refractivity contribution >= 4 is 16.8 Å². The zero-order valence-corrected chi connectivity index (χ0v) is 18.7. The van der Waals surface area contributed by atoms with Crippen molar-refractivity contribution in [1.82, 2.24) is 9.88 Å². The normalized spacial score (nSPS) is 17.8. The molecule has 2 aromatic carbocycles. The lowest BCUT2D eigenvalue weighted by atomic mass is 9.87.